The number of Topliss-reactive ketones (excluding diaryl/α,β-unsaturated/α-hetero) is 1. The fourth-order valence-corrected chi connectivity index (χ4v) is 1.35. The van der Waals surface area contributed by atoms with Crippen molar-refractivity contribution in [3.05, 3.63) is 0 Å². The third kappa shape index (κ3) is 3.26. The second-order valence-corrected chi connectivity index (χ2v) is 3.39. The van der Waals surface area contributed by atoms with Crippen LogP contribution in [-0.2, 0) is 9.53 Å². The van der Waals surface area contributed by atoms with E-state index < -0.39 is 36.8 Å². The lowest BCUT2D eigenvalue weighted by Gasteiger charge is -2.12. The van der Waals surface area contributed by atoms with E-state index in [1.165, 1.54) is 0 Å². The van der Waals surface area contributed by atoms with Crippen molar-refractivity contribution < 1.29 is 22.7 Å². The summed E-state index contributed by atoms with van der Waals surface area (Å²) in [6.07, 6.45) is -5.85. The molecule has 1 fully saturated rings. The molecule has 0 aromatic rings. The molecule has 0 amide bonds. The Labute approximate surface area is 79.4 Å². The summed E-state index contributed by atoms with van der Waals surface area (Å²) >= 11 is 0. The monoisotopic (exact) mass is 211 g/mol. The van der Waals surface area contributed by atoms with Gasteiger partial charge in [0.1, 0.15) is 5.78 Å². The highest BCUT2D eigenvalue weighted by atomic mass is 19.4. The molecule has 1 rings (SSSR count). The molecule has 1 aliphatic heterocycles. The van der Waals surface area contributed by atoms with E-state index >= 15 is 0 Å². The average Bonchev–Trinajstić information content (AvgIpc) is 2.46. The Morgan fingerprint density at radius 3 is 2.50 bits per heavy atom. The normalized spacial score (nSPS) is 28.0. The first-order chi connectivity index (χ1) is 6.40. The molecule has 0 bridgehead atoms. The predicted molar refractivity (Wildman–Crippen MR) is 42.6 cm³/mol. The SMILES string of the molecule is NC1COCC1C(=O)CCC(F)(F)F. The Morgan fingerprint density at radius 2 is 2.07 bits per heavy atom. The highest BCUT2D eigenvalue weighted by molar-refractivity contribution is 5.82. The quantitative estimate of drug-likeness (QED) is 0.753. The Balaban J connectivity index is 2.35. The second kappa shape index (κ2) is 4.27. The van der Waals surface area contributed by atoms with Crippen LogP contribution in [0.4, 0.5) is 13.2 Å². The molecule has 0 saturated carbocycles. The average molecular weight is 211 g/mol. The van der Waals surface area contributed by atoms with Crippen molar-refractivity contribution in [2.24, 2.45) is 11.7 Å². The molecule has 2 unspecified atom stereocenters. The largest absolute Gasteiger partial charge is 0.389 e. The smallest absolute Gasteiger partial charge is 0.379 e. The van der Waals surface area contributed by atoms with E-state index in [4.69, 9.17) is 10.5 Å². The molecule has 0 radical (unpaired) electrons. The van der Waals surface area contributed by atoms with Gasteiger partial charge in [0, 0.05) is 12.5 Å². The summed E-state index contributed by atoms with van der Waals surface area (Å²) in [5, 5.41) is 0. The summed E-state index contributed by atoms with van der Waals surface area (Å²) in [5.41, 5.74) is 5.49. The van der Waals surface area contributed by atoms with Gasteiger partial charge < -0.3 is 10.5 Å². The van der Waals surface area contributed by atoms with Crippen LogP contribution < -0.4 is 5.73 Å². The molecule has 6 heteroatoms. The minimum atomic E-state index is -4.28. The first-order valence-corrected chi connectivity index (χ1v) is 4.33. The molecule has 0 spiro atoms. The second-order valence-electron chi connectivity index (χ2n) is 3.39. The van der Waals surface area contributed by atoms with Crippen LogP contribution in [0.15, 0.2) is 0 Å². The van der Waals surface area contributed by atoms with E-state index in [0.717, 1.165) is 0 Å². The number of hydrogen-bond acceptors (Lipinski definition) is 3. The number of hydrogen-bond donors (Lipinski definition) is 1. The van der Waals surface area contributed by atoms with E-state index in [9.17, 15) is 18.0 Å². The minimum Gasteiger partial charge on any atom is -0.379 e. The van der Waals surface area contributed by atoms with Gasteiger partial charge in [0.2, 0.25) is 0 Å². The third-order valence-electron chi connectivity index (χ3n) is 2.19. The molecule has 1 saturated heterocycles. The fraction of sp³-hybridized carbons (Fsp3) is 0.875. The van der Waals surface area contributed by atoms with Gasteiger partial charge in [0.05, 0.1) is 25.6 Å². The summed E-state index contributed by atoms with van der Waals surface area (Å²) in [5.74, 6) is -1.01. The topological polar surface area (TPSA) is 52.3 Å². The summed E-state index contributed by atoms with van der Waals surface area (Å²) in [6.45, 7) is 0.403. The van der Waals surface area contributed by atoms with Crippen molar-refractivity contribution in [1.29, 1.82) is 0 Å². The first kappa shape index (κ1) is 11.5. The van der Waals surface area contributed by atoms with Gasteiger partial charge in [0.25, 0.3) is 0 Å². The third-order valence-corrected chi connectivity index (χ3v) is 2.19. The number of ether oxygens (including phenoxy) is 1. The Morgan fingerprint density at radius 1 is 1.43 bits per heavy atom. The number of rotatable bonds is 3. The molecule has 14 heavy (non-hydrogen) atoms. The van der Waals surface area contributed by atoms with Crippen LogP contribution in [0.1, 0.15) is 12.8 Å². The number of ketones is 1. The van der Waals surface area contributed by atoms with Crippen molar-refractivity contribution >= 4 is 5.78 Å². The van der Waals surface area contributed by atoms with Crippen LogP contribution in [0.3, 0.4) is 0 Å². The van der Waals surface area contributed by atoms with E-state index in [1.807, 2.05) is 0 Å². The van der Waals surface area contributed by atoms with Crippen molar-refractivity contribution in [3.8, 4) is 0 Å². The molecular formula is C8H12F3NO2. The minimum absolute atomic E-state index is 0.151. The van der Waals surface area contributed by atoms with Crippen molar-refractivity contribution in [1.82, 2.24) is 0 Å². The molecule has 0 aromatic heterocycles. The lowest BCUT2D eigenvalue weighted by molar-refractivity contribution is -0.145. The highest BCUT2D eigenvalue weighted by Crippen LogP contribution is 2.24. The van der Waals surface area contributed by atoms with E-state index in [1.54, 1.807) is 0 Å². The number of alkyl halides is 3. The summed E-state index contributed by atoms with van der Waals surface area (Å²) in [4.78, 5) is 11.2. The van der Waals surface area contributed by atoms with Gasteiger partial charge in [-0.2, -0.15) is 13.2 Å². The summed E-state index contributed by atoms with van der Waals surface area (Å²) in [7, 11) is 0. The number of carbonyl (C=O) groups excluding carboxylic acids is 1. The molecule has 0 aliphatic carbocycles. The van der Waals surface area contributed by atoms with Gasteiger partial charge >= 0.3 is 6.18 Å². The first-order valence-electron chi connectivity index (χ1n) is 4.33. The zero-order valence-electron chi connectivity index (χ0n) is 7.51. The maximum absolute atomic E-state index is 11.8. The van der Waals surface area contributed by atoms with Crippen LogP contribution in [0.25, 0.3) is 0 Å². The molecule has 1 heterocycles. The number of nitrogens with two attached hydrogens (primary N) is 1. The van der Waals surface area contributed by atoms with Gasteiger partial charge in [-0.25, -0.2) is 0 Å². The maximum atomic E-state index is 11.8. The lowest BCUT2D eigenvalue weighted by atomic mass is 9.96. The highest BCUT2D eigenvalue weighted by Gasteiger charge is 2.34. The van der Waals surface area contributed by atoms with Gasteiger partial charge in [-0.15, -0.1) is 0 Å². The molecule has 3 nitrogen and oxygen atoms in total. The number of halogens is 3. The number of carbonyl (C=O) groups is 1. The summed E-state index contributed by atoms with van der Waals surface area (Å²) < 4.78 is 40.3. The van der Waals surface area contributed by atoms with Gasteiger partial charge in [-0.1, -0.05) is 0 Å². The zero-order valence-corrected chi connectivity index (χ0v) is 7.51. The van der Waals surface area contributed by atoms with E-state index in [0.29, 0.717) is 0 Å². The molecule has 2 atom stereocenters. The summed E-state index contributed by atoms with van der Waals surface area (Å²) in [6, 6.07) is -0.448. The maximum Gasteiger partial charge on any atom is 0.389 e. The zero-order chi connectivity index (χ0) is 10.8. The van der Waals surface area contributed by atoms with Crippen LogP contribution in [0, 0.1) is 5.92 Å². The Kier molecular flexibility index (Phi) is 3.49. The molecule has 82 valence electrons. The molecule has 2 N–H and O–H groups in total. The molecule has 0 aromatic carbocycles. The molecule has 1 aliphatic rings. The fourth-order valence-electron chi connectivity index (χ4n) is 1.35. The van der Waals surface area contributed by atoms with E-state index in [-0.39, 0.29) is 13.2 Å². The van der Waals surface area contributed by atoms with Crippen molar-refractivity contribution in [2.45, 2.75) is 25.1 Å². The lowest BCUT2D eigenvalue weighted by Crippen LogP contribution is -2.34. The van der Waals surface area contributed by atoms with Crippen molar-refractivity contribution in [3.63, 3.8) is 0 Å². The molecular weight excluding hydrogens is 199 g/mol. The van der Waals surface area contributed by atoms with Gasteiger partial charge in [0.15, 0.2) is 0 Å². The van der Waals surface area contributed by atoms with E-state index in [2.05, 4.69) is 0 Å². The van der Waals surface area contributed by atoms with Gasteiger partial charge in [-0.05, 0) is 0 Å². The van der Waals surface area contributed by atoms with Crippen LogP contribution >= 0.6 is 0 Å². The Hall–Kier alpha value is -0.620. The Bertz CT molecular complexity index is 217. The van der Waals surface area contributed by atoms with Crippen LogP contribution in [-0.4, -0.2) is 31.2 Å². The van der Waals surface area contributed by atoms with Crippen LogP contribution in [0.5, 0.6) is 0 Å². The van der Waals surface area contributed by atoms with Crippen molar-refractivity contribution in [2.75, 3.05) is 13.2 Å². The standard InChI is InChI=1S/C8H12F3NO2/c9-8(10,11)2-1-7(13)5-3-14-4-6(5)12/h5-6H,1-4,12H2. The van der Waals surface area contributed by atoms with Crippen LogP contribution in [0.2, 0.25) is 0 Å². The predicted octanol–water partition coefficient (Wildman–Crippen LogP) is 0.872. The van der Waals surface area contributed by atoms with Gasteiger partial charge in [-0.3, -0.25) is 4.79 Å².